The minimum atomic E-state index is -0.653. The van der Waals surface area contributed by atoms with Gasteiger partial charge in [0.05, 0.1) is 12.6 Å². The molecule has 4 heterocycles. The Labute approximate surface area is 144 Å². The molecule has 1 spiro atoms. The van der Waals surface area contributed by atoms with Gasteiger partial charge in [0, 0.05) is 38.9 Å². The Balaban J connectivity index is 1.44. The van der Waals surface area contributed by atoms with Crippen LogP contribution in [0.5, 0.6) is 5.75 Å². The molecule has 25 heavy (non-hydrogen) atoms. The van der Waals surface area contributed by atoms with E-state index in [1.165, 1.54) is 0 Å². The Morgan fingerprint density at radius 3 is 2.88 bits per heavy atom. The number of aromatic nitrogens is 2. The number of aliphatic hydroxyl groups excluding tert-OH is 1. The third-order valence-corrected chi connectivity index (χ3v) is 5.14. The van der Waals surface area contributed by atoms with E-state index in [0.717, 1.165) is 0 Å². The number of piperidine rings is 1. The van der Waals surface area contributed by atoms with Crippen LogP contribution in [0.15, 0.2) is 11.3 Å². The maximum absolute atomic E-state index is 12.4. The zero-order valence-electron chi connectivity index (χ0n) is 14.1. The number of hydrogen-bond acceptors (Lipinski definition) is 6. The number of fused-ring (bicyclic) bond motifs is 1. The monoisotopic (exact) mass is 347 g/mol. The molecule has 0 aromatic carbocycles. The van der Waals surface area contributed by atoms with Crippen LogP contribution < -0.4 is 10.2 Å². The normalized spacial score (nSPS) is 24.6. The topological polar surface area (TPSA) is 109 Å². The van der Waals surface area contributed by atoms with E-state index in [-0.39, 0.29) is 23.9 Å². The number of nitrogens with zero attached hydrogens (tertiary/aromatic N) is 4. The van der Waals surface area contributed by atoms with Crippen LogP contribution in [0.2, 0.25) is 0 Å². The molecule has 1 saturated heterocycles. The zero-order chi connectivity index (χ0) is 17.6. The van der Waals surface area contributed by atoms with Crippen LogP contribution in [0, 0.1) is 0 Å². The van der Waals surface area contributed by atoms with Gasteiger partial charge >= 0.3 is 0 Å². The highest BCUT2D eigenvalue weighted by molar-refractivity contribution is 6.43. The number of hydrazone groups is 1. The minimum Gasteiger partial charge on any atom is -0.483 e. The van der Waals surface area contributed by atoms with E-state index in [0.29, 0.717) is 50.3 Å². The molecule has 0 radical (unpaired) electrons. The third kappa shape index (κ3) is 2.78. The van der Waals surface area contributed by atoms with Crippen molar-refractivity contribution in [3.05, 3.63) is 11.9 Å². The number of rotatable bonds is 2. The lowest BCUT2D eigenvalue weighted by Crippen LogP contribution is -2.52. The van der Waals surface area contributed by atoms with Crippen molar-refractivity contribution in [3.63, 3.8) is 0 Å². The average molecular weight is 347 g/mol. The molecule has 1 fully saturated rings. The summed E-state index contributed by atoms with van der Waals surface area (Å²) in [6.45, 7) is 3.72. The second-order valence-electron chi connectivity index (χ2n) is 6.80. The van der Waals surface area contributed by atoms with Crippen molar-refractivity contribution >= 4 is 17.5 Å². The van der Waals surface area contributed by atoms with Crippen molar-refractivity contribution in [3.8, 4) is 5.75 Å². The summed E-state index contributed by atoms with van der Waals surface area (Å²) in [6, 6.07) is 0. The van der Waals surface area contributed by atoms with Crippen LogP contribution in [-0.4, -0.2) is 56.0 Å². The van der Waals surface area contributed by atoms with Crippen LogP contribution in [0.1, 0.15) is 44.4 Å². The lowest BCUT2D eigenvalue weighted by atomic mass is 9.83. The predicted octanol–water partition coefficient (Wildman–Crippen LogP) is -0.0440. The smallest absolute Gasteiger partial charge is 0.270 e. The summed E-state index contributed by atoms with van der Waals surface area (Å²) >= 11 is 0. The molecule has 1 unspecified atom stereocenters. The van der Waals surface area contributed by atoms with Crippen LogP contribution >= 0.6 is 0 Å². The van der Waals surface area contributed by atoms with Gasteiger partial charge in [0.15, 0.2) is 5.75 Å². The first-order valence-electron chi connectivity index (χ1n) is 8.59. The first-order valence-corrected chi connectivity index (χ1v) is 8.59. The van der Waals surface area contributed by atoms with Crippen molar-refractivity contribution < 1.29 is 19.4 Å². The number of nitrogens with one attached hydrogen (secondary N) is 1. The standard InChI is InChI=1S/C16H21N5O4/c1-2-21-9-12-14(19-21)11(22)8-16(25-12)3-5-20(6-4-16)15(24)10-7-13(23)18-17-10/h9,11,22H,2-8H2,1H3,(H,18,23). The predicted molar refractivity (Wildman–Crippen MR) is 86.8 cm³/mol. The summed E-state index contributed by atoms with van der Waals surface area (Å²) in [5.74, 6) is 0.176. The molecule has 9 heteroatoms. The van der Waals surface area contributed by atoms with Gasteiger partial charge in [-0.2, -0.15) is 10.2 Å². The number of amides is 2. The summed E-state index contributed by atoms with van der Waals surface area (Å²) in [4.78, 5) is 25.3. The lowest BCUT2D eigenvalue weighted by molar-refractivity contribution is -0.129. The quantitative estimate of drug-likeness (QED) is 0.780. The Hall–Kier alpha value is -2.42. The highest BCUT2D eigenvalue weighted by atomic mass is 16.5. The number of ether oxygens (including phenoxy) is 1. The third-order valence-electron chi connectivity index (χ3n) is 5.14. The Morgan fingerprint density at radius 1 is 1.48 bits per heavy atom. The molecule has 2 N–H and O–H groups in total. The molecule has 134 valence electrons. The molecular weight excluding hydrogens is 326 g/mol. The maximum Gasteiger partial charge on any atom is 0.270 e. The van der Waals surface area contributed by atoms with Crippen molar-refractivity contribution in [2.75, 3.05) is 13.1 Å². The largest absolute Gasteiger partial charge is 0.483 e. The second kappa shape index (κ2) is 5.83. The lowest BCUT2D eigenvalue weighted by Gasteiger charge is -2.44. The molecule has 3 aliphatic heterocycles. The Bertz CT molecular complexity index is 748. The van der Waals surface area contributed by atoms with Crippen molar-refractivity contribution in [2.24, 2.45) is 5.10 Å². The fourth-order valence-corrected chi connectivity index (χ4v) is 3.70. The first kappa shape index (κ1) is 16.1. The fourth-order valence-electron chi connectivity index (χ4n) is 3.70. The van der Waals surface area contributed by atoms with Crippen LogP contribution in [-0.2, 0) is 16.1 Å². The highest BCUT2D eigenvalue weighted by Crippen LogP contribution is 2.43. The molecule has 1 aromatic heterocycles. The summed E-state index contributed by atoms with van der Waals surface area (Å²) < 4.78 is 7.96. The summed E-state index contributed by atoms with van der Waals surface area (Å²) in [6.07, 6.45) is 2.93. The molecule has 4 rings (SSSR count). The number of hydrogen-bond donors (Lipinski definition) is 2. The number of carbonyl (C=O) groups is 2. The fraction of sp³-hybridized carbons (Fsp3) is 0.625. The minimum absolute atomic E-state index is 0.0370. The van der Waals surface area contributed by atoms with Crippen molar-refractivity contribution in [2.45, 2.75) is 50.9 Å². The number of aliphatic hydroxyl groups is 1. The molecule has 0 aliphatic carbocycles. The number of aryl methyl sites for hydroxylation is 1. The van der Waals surface area contributed by atoms with Gasteiger partial charge in [0.25, 0.3) is 5.91 Å². The van der Waals surface area contributed by atoms with E-state index >= 15 is 0 Å². The van der Waals surface area contributed by atoms with Crippen LogP contribution in [0.4, 0.5) is 0 Å². The van der Waals surface area contributed by atoms with E-state index < -0.39 is 11.7 Å². The summed E-state index contributed by atoms with van der Waals surface area (Å²) in [5, 5.41) is 18.6. The van der Waals surface area contributed by atoms with Gasteiger partial charge in [0.2, 0.25) is 5.91 Å². The maximum atomic E-state index is 12.4. The number of carbonyl (C=O) groups excluding carboxylic acids is 2. The van der Waals surface area contributed by atoms with Crippen molar-refractivity contribution in [1.29, 1.82) is 0 Å². The van der Waals surface area contributed by atoms with Gasteiger partial charge in [-0.25, -0.2) is 5.43 Å². The Kier molecular flexibility index (Phi) is 3.75. The van der Waals surface area contributed by atoms with E-state index in [2.05, 4.69) is 15.6 Å². The Morgan fingerprint density at radius 2 is 2.24 bits per heavy atom. The molecular formula is C16H21N5O4. The molecule has 1 aromatic rings. The highest BCUT2D eigenvalue weighted by Gasteiger charge is 2.45. The average Bonchev–Trinajstić information content (AvgIpc) is 3.21. The molecule has 0 saturated carbocycles. The zero-order valence-corrected chi connectivity index (χ0v) is 14.1. The summed E-state index contributed by atoms with van der Waals surface area (Å²) in [5.41, 5.74) is 2.68. The van der Waals surface area contributed by atoms with Crippen LogP contribution in [0.3, 0.4) is 0 Å². The van der Waals surface area contributed by atoms with E-state index in [4.69, 9.17) is 4.74 Å². The molecule has 0 bridgehead atoms. The summed E-state index contributed by atoms with van der Waals surface area (Å²) in [7, 11) is 0. The molecule has 1 atom stereocenters. The number of likely N-dealkylation sites (tertiary alicyclic amines) is 1. The van der Waals surface area contributed by atoms with E-state index in [9.17, 15) is 14.7 Å². The molecule has 3 aliphatic rings. The van der Waals surface area contributed by atoms with Gasteiger partial charge < -0.3 is 14.7 Å². The molecule has 9 nitrogen and oxygen atoms in total. The van der Waals surface area contributed by atoms with Gasteiger partial charge in [-0.3, -0.25) is 14.3 Å². The van der Waals surface area contributed by atoms with Gasteiger partial charge in [-0.15, -0.1) is 0 Å². The van der Waals surface area contributed by atoms with Gasteiger partial charge in [0.1, 0.15) is 23.1 Å². The van der Waals surface area contributed by atoms with E-state index in [1.807, 2.05) is 13.1 Å². The first-order chi connectivity index (χ1) is 12.0. The van der Waals surface area contributed by atoms with Gasteiger partial charge in [-0.1, -0.05) is 0 Å². The SMILES string of the molecule is CCn1cc2c(n1)C(O)CC1(CCN(C(=O)C3=NNC(=O)C3)CC1)O2. The van der Waals surface area contributed by atoms with E-state index in [1.54, 1.807) is 9.58 Å². The van der Waals surface area contributed by atoms with Crippen LogP contribution in [0.25, 0.3) is 0 Å². The second-order valence-corrected chi connectivity index (χ2v) is 6.80. The van der Waals surface area contributed by atoms with Gasteiger partial charge in [-0.05, 0) is 6.92 Å². The van der Waals surface area contributed by atoms with Crippen molar-refractivity contribution in [1.82, 2.24) is 20.1 Å². The molecule has 2 amide bonds.